The molecule has 168 valence electrons. The smallest absolute Gasteiger partial charge is 0.373 e. The highest BCUT2D eigenvalue weighted by atomic mass is 35.5. The molecule has 0 unspecified atom stereocenters. The van der Waals surface area contributed by atoms with Crippen LogP contribution in [-0.4, -0.2) is 49.1 Å². The summed E-state index contributed by atoms with van der Waals surface area (Å²) < 4.78 is 20.2. The van der Waals surface area contributed by atoms with E-state index in [2.05, 4.69) is 10.1 Å². The number of carbonyl (C=O) groups is 4. The third-order valence-electron chi connectivity index (χ3n) is 4.25. The molecular formula is C21H19ClN2O8. The number of rotatable bonds is 8. The molecule has 2 heterocycles. The van der Waals surface area contributed by atoms with Crippen molar-refractivity contribution < 1.29 is 37.8 Å². The number of imide groups is 1. The molecule has 3 rings (SSSR count). The lowest BCUT2D eigenvalue weighted by Crippen LogP contribution is -2.30. The van der Waals surface area contributed by atoms with E-state index in [0.29, 0.717) is 10.6 Å². The van der Waals surface area contributed by atoms with Gasteiger partial charge in [0.1, 0.15) is 17.2 Å². The van der Waals surface area contributed by atoms with Gasteiger partial charge in [-0.2, -0.15) is 0 Å². The Morgan fingerprint density at radius 3 is 2.72 bits per heavy atom. The van der Waals surface area contributed by atoms with Gasteiger partial charge in [-0.15, -0.1) is 0 Å². The summed E-state index contributed by atoms with van der Waals surface area (Å²) in [5.41, 5.74) is 0.344. The van der Waals surface area contributed by atoms with Crippen LogP contribution in [0.4, 0.5) is 4.79 Å². The van der Waals surface area contributed by atoms with Gasteiger partial charge in [-0.25, -0.2) is 14.4 Å². The molecule has 0 aliphatic carbocycles. The number of halogens is 1. The zero-order chi connectivity index (χ0) is 23.3. The van der Waals surface area contributed by atoms with Gasteiger partial charge in [0.25, 0.3) is 5.91 Å². The first-order valence-corrected chi connectivity index (χ1v) is 9.79. The predicted molar refractivity (Wildman–Crippen MR) is 111 cm³/mol. The van der Waals surface area contributed by atoms with Crippen LogP contribution in [0.3, 0.4) is 0 Å². The van der Waals surface area contributed by atoms with Crippen molar-refractivity contribution in [2.24, 2.45) is 0 Å². The first-order chi connectivity index (χ1) is 15.3. The Balaban J connectivity index is 1.78. The van der Waals surface area contributed by atoms with E-state index in [1.165, 1.54) is 37.5 Å². The number of benzene rings is 1. The molecular weight excluding hydrogens is 444 g/mol. The summed E-state index contributed by atoms with van der Waals surface area (Å²) in [4.78, 5) is 49.1. The van der Waals surface area contributed by atoms with Crippen molar-refractivity contribution >= 4 is 41.6 Å². The number of nitrogens with one attached hydrogen (secondary N) is 1. The van der Waals surface area contributed by atoms with Crippen LogP contribution in [0.15, 0.2) is 40.4 Å². The Labute approximate surface area is 187 Å². The predicted octanol–water partition coefficient (Wildman–Crippen LogP) is 2.75. The lowest BCUT2D eigenvalue weighted by atomic mass is 10.1. The third kappa shape index (κ3) is 5.27. The van der Waals surface area contributed by atoms with Crippen LogP contribution in [0.5, 0.6) is 5.75 Å². The summed E-state index contributed by atoms with van der Waals surface area (Å²) in [7, 11) is 1.21. The van der Waals surface area contributed by atoms with Crippen LogP contribution in [0.2, 0.25) is 5.02 Å². The van der Waals surface area contributed by atoms with Gasteiger partial charge in [0.2, 0.25) is 5.76 Å². The lowest BCUT2D eigenvalue weighted by molar-refractivity contribution is -0.145. The molecule has 1 N–H and O–H groups in total. The standard InChI is InChI=1S/C21H19ClN2O8/c1-3-30-18(25)11-31-16-6-4-13(22)8-12(16)9-15-19(26)24(21(28)23-15)10-14-5-7-17(32-14)20(27)29-2/h4-9H,3,10-11H2,1-2H3,(H,23,28). The van der Waals surface area contributed by atoms with Gasteiger partial charge >= 0.3 is 18.0 Å². The number of nitrogens with zero attached hydrogens (tertiary/aromatic N) is 1. The molecule has 32 heavy (non-hydrogen) atoms. The highest BCUT2D eigenvalue weighted by Crippen LogP contribution is 2.27. The molecule has 10 nitrogen and oxygen atoms in total. The van der Waals surface area contributed by atoms with Crippen LogP contribution in [0.25, 0.3) is 6.08 Å². The fourth-order valence-corrected chi connectivity index (χ4v) is 2.98. The number of hydrogen-bond acceptors (Lipinski definition) is 8. The number of amides is 3. The second-order valence-corrected chi connectivity index (χ2v) is 6.85. The van der Waals surface area contributed by atoms with Crippen molar-refractivity contribution in [2.75, 3.05) is 20.3 Å². The van der Waals surface area contributed by atoms with Crippen LogP contribution >= 0.6 is 11.6 Å². The van der Waals surface area contributed by atoms with E-state index in [4.69, 9.17) is 25.5 Å². The maximum atomic E-state index is 12.8. The van der Waals surface area contributed by atoms with Gasteiger partial charge in [-0.1, -0.05) is 11.6 Å². The fraction of sp³-hybridized carbons (Fsp3) is 0.238. The summed E-state index contributed by atoms with van der Waals surface area (Å²) >= 11 is 6.05. The van der Waals surface area contributed by atoms with E-state index in [9.17, 15) is 19.2 Å². The SMILES string of the molecule is CCOC(=O)COc1ccc(Cl)cc1C=C1NC(=O)N(Cc2ccc(C(=O)OC)o2)C1=O. The van der Waals surface area contributed by atoms with E-state index in [1.807, 2.05) is 0 Å². The van der Waals surface area contributed by atoms with Crippen molar-refractivity contribution in [2.45, 2.75) is 13.5 Å². The minimum atomic E-state index is -0.676. The Morgan fingerprint density at radius 2 is 2.00 bits per heavy atom. The maximum absolute atomic E-state index is 12.8. The van der Waals surface area contributed by atoms with Crippen molar-refractivity contribution in [1.82, 2.24) is 10.2 Å². The summed E-state index contributed by atoms with van der Waals surface area (Å²) in [6.45, 7) is 1.36. The molecule has 1 fully saturated rings. The molecule has 0 saturated carbocycles. The van der Waals surface area contributed by atoms with Crippen LogP contribution in [0.1, 0.15) is 28.8 Å². The normalized spacial score (nSPS) is 14.5. The second-order valence-electron chi connectivity index (χ2n) is 6.41. The minimum absolute atomic E-state index is 0.0296. The Hall–Kier alpha value is -3.79. The number of hydrogen-bond donors (Lipinski definition) is 1. The van der Waals surface area contributed by atoms with E-state index in [1.54, 1.807) is 13.0 Å². The fourth-order valence-electron chi connectivity index (χ4n) is 2.80. The Kier molecular flexibility index (Phi) is 7.16. The summed E-state index contributed by atoms with van der Waals surface area (Å²) in [5, 5.41) is 2.83. The van der Waals surface area contributed by atoms with E-state index in [-0.39, 0.29) is 42.7 Å². The van der Waals surface area contributed by atoms with Crippen molar-refractivity contribution in [3.05, 3.63) is 58.1 Å². The number of urea groups is 1. The average molecular weight is 463 g/mol. The lowest BCUT2D eigenvalue weighted by Gasteiger charge is -2.10. The largest absolute Gasteiger partial charge is 0.481 e. The highest BCUT2D eigenvalue weighted by molar-refractivity contribution is 6.30. The Morgan fingerprint density at radius 1 is 1.22 bits per heavy atom. The molecule has 2 aromatic rings. The van der Waals surface area contributed by atoms with Crippen molar-refractivity contribution in [1.29, 1.82) is 0 Å². The zero-order valence-corrected chi connectivity index (χ0v) is 17.9. The monoisotopic (exact) mass is 462 g/mol. The molecule has 0 spiro atoms. The molecule has 11 heteroatoms. The topological polar surface area (TPSA) is 124 Å². The van der Waals surface area contributed by atoms with Gasteiger partial charge in [0.05, 0.1) is 20.3 Å². The number of esters is 2. The van der Waals surface area contributed by atoms with Gasteiger partial charge in [-0.3, -0.25) is 9.69 Å². The molecule has 0 atom stereocenters. The second kappa shape index (κ2) is 10.0. The van der Waals surface area contributed by atoms with Crippen LogP contribution in [0, 0.1) is 0 Å². The number of furan rings is 1. The molecule has 1 aromatic carbocycles. The van der Waals surface area contributed by atoms with E-state index < -0.39 is 23.9 Å². The van der Waals surface area contributed by atoms with Crippen LogP contribution < -0.4 is 10.1 Å². The van der Waals surface area contributed by atoms with E-state index >= 15 is 0 Å². The molecule has 0 bridgehead atoms. The molecule has 3 amide bonds. The Bertz CT molecular complexity index is 1090. The van der Waals surface area contributed by atoms with Crippen LogP contribution in [-0.2, 0) is 25.6 Å². The number of ether oxygens (including phenoxy) is 3. The number of carbonyl (C=O) groups excluding carboxylic acids is 4. The van der Waals surface area contributed by atoms with Crippen molar-refractivity contribution in [3.63, 3.8) is 0 Å². The third-order valence-corrected chi connectivity index (χ3v) is 4.48. The molecule has 1 saturated heterocycles. The molecule has 1 aliphatic rings. The van der Waals surface area contributed by atoms with Gasteiger partial charge in [0, 0.05) is 10.6 Å². The number of methoxy groups -OCH3 is 1. The first kappa shape index (κ1) is 22.9. The quantitative estimate of drug-likeness (QED) is 0.360. The van der Waals surface area contributed by atoms with Gasteiger partial charge in [0.15, 0.2) is 6.61 Å². The van der Waals surface area contributed by atoms with Gasteiger partial charge < -0.3 is 23.9 Å². The summed E-state index contributed by atoms with van der Waals surface area (Å²) in [5.74, 6) is -1.41. The first-order valence-electron chi connectivity index (χ1n) is 9.42. The van der Waals surface area contributed by atoms with Gasteiger partial charge in [-0.05, 0) is 43.3 Å². The summed E-state index contributed by atoms with van der Waals surface area (Å²) in [6.07, 6.45) is 1.38. The summed E-state index contributed by atoms with van der Waals surface area (Å²) in [6, 6.07) is 6.79. The molecule has 1 aromatic heterocycles. The molecule has 1 aliphatic heterocycles. The minimum Gasteiger partial charge on any atom is -0.481 e. The van der Waals surface area contributed by atoms with E-state index in [0.717, 1.165) is 4.90 Å². The average Bonchev–Trinajstić information content (AvgIpc) is 3.33. The molecule has 0 radical (unpaired) electrons. The highest BCUT2D eigenvalue weighted by Gasteiger charge is 2.34. The zero-order valence-electron chi connectivity index (χ0n) is 17.2. The van der Waals surface area contributed by atoms with Crippen molar-refractivity contribution in [3.8, 4) is 5.75 Å². The maximum Gasteiger partial charge on any atom is 0.373 e.